The maximum absolute atomic E-state index is 13.5. The van der Waals surface area contributed by atoms with E-state index in [1.54, 1.807) is 0 Å². The van der Waals surface area contributed by atoms with Crippen LogP contribution in [-0.2, 0) is 11.7 Å². The number of nitrogens with zero attached hydrogens (tertiary/aromatic N) is 4. The number of aromatic nitrogens is 4. The third-order valence-corrected chi connectivity index (χ3v) is 4.15. The summed E-state index contributed by atoms with van der Waals surface area (Å²) in [6.07, 6.45) is -0.925. The molecule has 6 nitrogen and oxygen atoms in total. The summed E-state index contributed by atoms with van der Waals surface area (Å²) in [5.74, 6) is -3.46. The van der Waals surface area contributed by atoms with E-state index in [1.807, 2.05) is 0 Å². The second-order valence-electron chi connectivity index (χ2n) is 6.05. The highest BCUT2D eigenvalue weighted by atomic mass is 19.4. The lowest BCUT2D eigenvalue weighted by molar-refractivity contribution is -0.159. The summed E-state index contributed by atoms with van der Waals surface area (Å²) in [7, 11) is 0. The van der Waals surface area contributed by atoms with E-state index in [2.05, 4.69) is 29.9 Å². The van der Waals surface area contributed by atoms with Crippen LogP contribution < -0.4 is 5.32 Å². The largest absolute Gasteiger partial charge is 0.471 e. The number of alkyl halides is 3. The second-order valence-corrected chi connectivity index (χ2v) is 6.05. The third kappa shape index (κ3) is 3.32. The first kappa shape index (κ1) is 17.3. The third-order valence-electron chi connectivity index (χ3n) is 4.15. The Balaban J connectivity index is 1.53. The molecule has 0 bridgehead atoms. The number of anilines is 1. The SMILES string of the molecule is Fc1ccc(C2(Nc3ncc(-c4noc(C(F)(F)F)n4)cn3)CC2)cc1F. The van der Waals surface area contributed by atoms with Gasteiger partial charge in [0, 0.05) is 12.4 Å². The summed E-state index contributed by atoms with van der Waals surface area (Å²) in [5, 5.41) is 6.30. The van der Waals surface area contributed by atoms with E-state index in [0.29, 0.717) is 18.4 Å². The molecule has 1 aliphatic rings. The van der Waals surface area contributed by atoms with Gasteiger partial charge in [0.2, 0.25) is 11.8 Å². The van der Waals surface area contributed by atoms with Crippen LogP contribution in [0.5, 0.6) is 0 Å². The molecule has 0 atom stereocenters. The molecule has 0 aliphatic heterocycles. The summed E-state index contributed by atoms with van der Waals surface area (Å²) in [5.41, 5.74) is 0.0885. The number of nitrogens with one attached hydrogen (secondary N) is 1. The summed E-state index contributed by atoms with van der Waals surface area (Å²) in [6, 6.07) is 3.64. The van der Waals surface area contributed by atoms with E-state index in [4.69, 9.17) is 0 Å². The Bertz CT molecular complexity index is 982. The van der Waals surface area contributed by atoms with Gasteiger partial charge in [-0.1, -0.05) is 11.2 Å². The molecule has 1 N–H and O–H groups in total. The van der Waals surface area contributed by atoms with Crippen molar-refractivity contribution in [2.75, 3.05) is 5.32 Å². The van der Waals surface area contributed by atoms with Gasteiger partial charge in [-0.15, -0.1) is 0 Å². The van der Waals surface area contributed by atoms with Crippen molar-refractivity contribution in [1.82, 2.24) is 20.1 Å². The Kier molecular flexibility index (Phi) is 3.82. The van der Waals surface area contributed by atoms with Crippen LogP contribution >= 0.6 is 0 Å². The number of hydrogen-bond donors (Lipinski definition) is 1. The van der Waals surface area contributed by atoms with Gasteiger partial charge in [-0.3, -0.25) is 0 Å². The van der Waals surface area contributed by atoms with Gasteiger partial charge in [0.25, 0.3) is 0 Å². The van der Waals surface area contributed by atoms with Crippen molar-refractivity contribution >= 4 is 5.95 Å². The van der Waals surface area contributed by atoms with Crippen molar-refractivity contribution in [3.8, 4) is 11.4 Å². The molecule has 0 amide bonds. The Morgan fingerprint density at radius 2 is 1.74 bits per heavy atom. The fraction of sp³-hybridized carbons (Fsp3) is 0.250. The lowest BCUT2D eigenvalue weighted by Gasteiger charge is -2.18. The van der Waals surface area contributed by atoms with E-state index in [1.165, 1.54) is 18.5 Å². The normalized spacial score (nSPS) is 15.6. The molecule has 1 fully saturated rings. The van der Waals surface area contributed by atoms with Gasteiger partial charge in [0.05, 0.1) is 11.1 Å². The summed E-state index contributed by atoms with van der Waals surface area (Å²) in [4.78, 5) is 11.3. The predicted molar refractivity (Wildman–Crippen MR) is 81.2 cm³/mol. The van der Waals surface area contributed by atoms with Crippen molar-refractivity contribution in [2.24, 2.45) is 0 Å². The van der Waals surface area contributed by atoms with Crippen LogP contribution in [0.3, 0.4) is 0 Å². The predicted octanol–water partition coefficient (Wildman–Crippen LogP) is 3.92. The first-order chi connectivity index (χ1) is 12.8. The highest BCUT2D eigenvalue weighted by Crippen LogP contribution is 2.48. The van der Waals surface area contributed by atoms with Crippen LogP contribution in [0.1, 0.15) is 24.3 Å². The molecule has 0 saturated heterocycles. The molecule has 1 aliphatic carbocycles. The summed E-state index contributed by atoms with van der Waals surface area (Å²) < 4.78 is 68.2. The van der Waals surface area contributed by atoms with E-state index >= 15 is 0 Å². The fourth-order valence-electron chi connectivity index (χ4n) is 2.58. The monoisotopic (exact) mass is 383 g/mol. The summed E-state index contributed by atoms with van der Waals surface area (Å²) in [6.45, 7) is 0. The van der Waals surface area contributed by atoms with Crippen LogP contribution in [0.4, 0.5) is 27.9 Å². The number of benzene rings is 1. The molecule has 4 rings (SSSR count). The Labute approximate surface area is 148 Å². The maximum Gasteiger partial charge on any atom is 0.471 e. The van der Waals surface area contributed by atoms with Crippen LogP contribution in [0.2, 0.25) is 0 Å². The molecule has 1 aromatic carbocycles. The Morgan fingerprint density at radius 1 is 1.04 bits per heavy atom. The van der Waals surface area contributed by atoms with Crippen molar-refractivity contribution in [3.63, 3.8) is 0 Å². The molecule has 0 spiro atoms. The summed E-state index contributed by atoms with van der Waals surface area (Å²) >= 11 is 0. The number of hydrogen-bond acceptors (Lipinski definition) is 6. The van der Waals surface area contributed by atoms with Crippen LogP contribution in [0, 0.1) is 11.6 Å². The lowest BCUT2D eigenvalue weighted by atomic mass is 10.0. The van der Waals surface area contributed by atoms with Crippen molar-refractivity contribution in [2.45, 2.75) is 24.6 Å². The average molecular weight is 383 g/mol. The van der Waals surface area contributed by atoms with E-state index < -0.39 is 29.2 Å². The van der Waals surface area contributed by atoms with Crippen molar-refractivity contribution in [1.29, 1.82) is 0 Å². The minimum atomic E-state index is -4.74. The first-order valence-corrected chi connectivity index (χ1v) is 7.74. The minimum absolute atomic E-state index is 0.137. The number of rotatable bonds is 4. The van der Waals surface area contributed by atoms with Crippen LogP contribution in [-0.4, -0.2) is 20.1 Å². The van der Waals surface area contributed by atoms with E-state index in [-0.39, 0.29) is 17.3 Å². The molecule has 3 aromatic rings. The van der Waals surface area contributed by atoms with Crippen molar-refractivity contribution < 1.29 is 26.5 Å². The van der Waals surface area contributed by atoms with Gasteiger partial charge in [-0.2, -0.15) is 18.2 Å². The fourth-order valence-corrected chi connectivity index (χ4v) is 2.58. The zero-order valence-corrected chi connectivity index (χ0v) is 13.4. The number of halogens is 5. The minimum Gasteiger partial charge on any atom is -0.345 e. The molecule has 140 valence electrons. The Hall–Kier alpha value is -3.11. The van der Waals surface area contributed by atoms with Gasteiger partial charge in [-0.25, -0.2) is 18.7 Å². The van der Waals surface area contributed by atoms with Gasteiger partial charge in [0.1, 0.15) is 0 Å². The van der Waals surface area contributed by atoms with Crippen LogP contribution in [0.25, 0.3) is 11.4 Å². The van der Waals surface area contributed by atoms with Crippen LogP contribution in [0.15, 0.2) is 35.1 Å². The van der Waals surface area contributed by atoms with E-state index in [0.717, 1.165) is 12.1 Å². The molecule has 27 heavy (non-hydrogen) atoms. The second kappa shape index (κ2) is 5.96. The average Bonchev–Trinajstić information content (AvgIpc) is 3.21. The molecule has 2 aromatic heterocycles. The molecule has 0 radical (unpaired) electrons. The highest BCUT2D eigenvalue weighted by molar-refractivity contribution is 5.53. The molecule has 2 heterocycles. The highest BCUT2D eigenvalue weighted by Gasteiger charge is 2.45. The maximum atomic E-state index is 13.5. The smallest absolute Gasteiger partial charge is 0.345 e. The quantitative estimate of drug-likeness (QED) is 0.688. The van der Waals surface area contributed by atoms with E-state index in [9.17, 15) is 22.0 Å². The molecular formula is C16H10F5N5O. The zero-order chi connectivity index (χ0) is 19.2. The standard InChI is InChI=1S/C16H10F5N5O/c17-10-2-1-9(5-11(10)18)15(3-4-15)25-14-22-6-8(7-23-14)12-24-13(27-26-12)16(19,20)21/h1-2,5-7H,3-4H2,(H,22,23,25). The topological polar surface area (TPSA) is 76.7 Å². The molecule has 1 saturated carbocycles. The van der Waals surface area contributed by atoms with Crippen molar-refractivity contribution in [3.05, 3.63) is 53.7 Å². The van der Waals surface area contributed by atoms with Gasteiger partial charge in [0.15, 0.2) is 11.6 Å². The Morgan fingerprint density at radius 3 is 2.30 bits per heavy atom. The zero-order valence-electron chi connectivity index (χ0n) is 13.4. The molecular weight excluding hydrogens is 373 g/mol. The van der Waals surface area contributed by atoms with Gasteiger partial charge >= 0.3 is 12.1 Å². The lowest BCUT2D eigenvalue weighted by Crippen LogP contribution is -2.20. The van der Waals surface area contributed by atoms with Gasteiger partial charge < -0.3 is 9.84 Å². The van der Waals surface area contributed by atoms with Gasteiger partial charge in [-0.05, 0) is 30.5 Å². The first-order valence-electron chi connectivity index (χ1n) is 7.74. The molecule has 0 unspecified atom stereocenters. The molecule has 11 heteroatoms.